The van der Waals surface area contributed by atoms with Gasteiger partial charge in [-0.25, -0.2) is 0 Å². The second kappa shape index (κ2) is 14.6. The molecule has 7 nitrogen and oxygen atoms in total. The van der Waals surface area contributed by atoms with Crippen LogP contribution >= 0.6 is 11.8 Å². The van der Waals surface area contributed by atoms with E-state index in [-0.39, 0.29) is 12.1 Å². The van der Waals surface area contributed by atoms with E-state index in [2.05, 4.69) is 60.3 Å². The summed E-state index contributed by atoms with van der Waals surface area (Å²) in [7, 11) is 0. The van der Waals surface area contributed by atoms with Crippen molar-refractivity contribution in [3.05, 3.63) is 112 Å². The molecule has 1 heterocycles. The van der Waals surface area contributed by atoms with Crippen LogP contribution in [0, 0.1) is 6.92 Å². The SMILES string of the molecule is Cc1ccc(SC2O[C@H]([C@@H](C)N(Cc3ccccc3)[S+]([O-])C(C)(C)C)[C@@H](OCc3ccccc3)C[C@H]2N=[N+]=[N-])cc1. The smallest absolute Gasteiger partial charge is 0.137 e. The lowest BCUT2D eigenvalue weighted by molar-refractivity contribution is -0.145. The van der Waals surface area contributed by atoms with Gasteiger partial charge in [0, 0.05) is 21.2 Å². The van der Waals surface area contributed by atoms with Crippen LogP contribution in [-0.2, 0) is 34.0 Å². The van der Waals surface area contributed by atoms with Crippen molar-refractivity contribution in [2.75, 3.05) is 0 Å². The van der Waals surface area contributed by atoms with Crippen LogP contribution in [0.25, 0.3) is 10.4 Å². The molecule has 41 heavy (non-hydrogen) atoms. The molecule has 2 unspecified atom stereocenters. The van der Waals surface area contributed by atoms with Gasteiger partial charge < -0.3 is 14.0 Å². The van der Waals surface area contributed by atoms with Gasteiger partial charge in [-0.15, -0.1) is 4.31 Å². The molecule has 218 valence electrons. The standard InChI is InChI=1S/C32H40N4O3S2/c1-23-16-18-27(19-17-23)40-31-28(34-35-33)20-29(38-22-26-14-10-7-11-15-26)30(39-31)24(2)36(41(37)32(3,4)5)21-25-12-8-6-9-13-25/h6-19,24,28-31H,20-22H2,1-5H3/t24-,28-,29+,30-,31?,41?/m1/s1. The summed E-state index contributed by atoms with van der Waals surface area (Å²) in [6.07, 6.45) is -0.288. The first-order chi connectivity index (χ1) is 19.7. The summed E-state index contributed by atoms with van der Waals surface area (Å²) >= 11 is 0.234. The highest BCUT2D eigenvalue weighted by Gasteiger charge is 2.47. The zero-order valence-electron chi connectivity index (χ0n) is 24.4. The molecular weight excluding hydrogens is 553 g/mol. The monoisotopic (exact) mass is 592 g/mol. The first-order valence-electron chi connectivity index (χ1n) is 14.0. The third kappa shape index (κ3) is 8.75. The van der Waals surface area contributed by atoms with Gasteiger partial charge >= 0.3 is 0 Å². The molecule has 1 saturated heterocycles. The molecule has 0 spiro atoms. The fourth-order valence-electron chi connectivity index (χ4n) is 4.84. The van der Waals surface area contributed by atoms with E-state index in [1.54, 1.807) is 11.8 Å². The Kier molecular flexibility index (Phi) is 11.2. The predicted octanol–water partition coefficient (Wildman–Crippen LogP) is 7.82. The van der Waals surface area contributed by atoms with Gasteiger partial charge in [0.15, 0.2) is 0 Å². The maximum Gasteiger partial charge on any atom is 0.137 e. The Balaban J connectivity index is 1.66. The van der Waals surface area contributed by atoms with E-state index < -0.39 is 33.7 Å². The third-order valence-electron chi connectivity index (χ3n) is 7.07. The molecule has 1 aliphatic rings. The van der Waals surface area contributed by atoms with Crippen LogP contribution < -0.4 is 0 Å². The molecule has 9 heteroatoms. The van der Waals surface area contributed by atoms with Gasteiger partial charge in [-0.2, -0.15) is 0 Å². The second-order valence-corrected chi connectivity index (χ2v) is 14.8. The minimum atomic E-state index is -1.32. The van der Waals surface area contributed by atoms with E-state index in [9.17, 15) is 10.1 Å². The number of thioether (sulfide) groups is 1. The number of benzene rings is 3. The summed E-state index contributed by atoms with van der Waals surface area (Å²) in [4.78, 5) is 4.19. The number of nitrogens with zero attached hydrogens (tertiary/aromatic N) is 4. The molecule has 0 saturated carbocycles. The van der Waals surface area contributed by atoms with Gasteiger partial charge in [0.2, 0.25) is 0 Å². The molecule has 3 aromatic rings. The lowest BCUT2D eigenvalue weighted by Crippen LogP contribution is -2.58. The quantitative estimate of drug-likeness (QED) is 0.0979. The Bertz CT molecular complexity index is 1270. The Morgan fingerprint density at radius 3 is 2.24 bits per heavy atom. The molecule has 0 N–H and O–H groups in total. The third-order valence-corrected chi connectivity index (χ3v) is 10.2. The number of hydrogen-bond donors (Lipinski definition) is 0. The molecular formula is C32H40N4O3S2. The molecule has 4 rings (SSSR count). The minimum absolute atomic E-state index is 0.260. The van der Waals surface area contributed by atoms with Crippen molar-refractivity contribution in [2.45, 2.75) is 93.6 Å². The van der Waals surface area contributed by atoms with Crippen LogP contribution in [0.3, 0.4) is 0 Å². The lowest BCUT2D eigenvalue weighted by Gasteiger charge is -2.45. The Morgan fingerprint density at radius 1 is 1.05 bits per heavy atom. The zero-order chi connectivity index (χ0) is 29.4. The number of ether oxygens (including phenoxy) is 2. The van der Waals surface area contributed by atoms with Crippen LogP contribution in [0.5, 0.6) is 0 Å². The Labute approximate surface area is 251 Å². The lowest BCUT2D eigenvalue weighted by atomic mass is 9.96. The van der Waals surface area contributed by atoms with E-state index >= 15 is 0 Å². The van der Waals surface area contributed by atoms with Crippen molar-refractivity contribution < 1.29 is 14.0 Å². The van der Waals surface area contributed by atoms with Gasteiger partial charge in [-0.05, 0) is 69.8 Å². The predicted molar refractivity (Wildman–Crippen MR) is 168 cm³/mol. The summed E-state index contributed by atoms with van der Waals surface area (Å²) < 4.78 is 28.9. The molecule has 0 amide bonds. The van der Waals surface area contributed by atoms with Crippen molar-refractivity contribution in [1.29, 1.82) is 0 Å². The highest BCUT2D eigenvalue weighted by atomic mass is 32.2. The molecule has 3 aromatic carbocycles. The summed E-state index contributed by atoms with van der Waals surface area (Å²) in [6, 6.07) is 27.7. The van der Waals surface area contributed by atoms with Crippen LogP contribution in [0.2, 0.25) is 0 Å². The Hall–Kier alpha value is -2.49. The maximum atomic E-state index is 14.0. The van der Waals surface area contributed by atoms with Gasteiger partial charge in [-0.1, -0.05) is 95.2 Å². The fraction of sp³-hybridized carbons (Fsp3) is 0.438. The van der Waals surface area contributed by atoms with Crippen LogP contribution in [0.4, 0.5) is 0 Å². The van der Waals surface area contributed by atoms with Crippen molar-refractivity contribution in [1.82, 2.24) is 4.31 Å². The number of rotatable bonds is 11. The normalized spacial score (nSPS) is 22.6. The molecule has 0 aliphatic carbocycles. The number of aryl methyl sites for hydroxylation is 1. The van der Waals surface area contributed by atoms with E-state index in [0.29, 0.717) is 19.6 Å². The van der Waals surface area contributed by atoms with Crippen molar-refractivity contribution in [3.8, 4) is 0 Å². The van der Waals surface area contributed by atoms with E-state index in [0.717, 1.165) is 16.0 Å². The van der Waals surface area contributed by atoms with E-state index in [1.807, 2.05) is 73.6 Å². The zero-order valence-corrected chi connectivity index (χ0v) is 26.1. The molecule has 1 fully saturated rings. The molecule has 6 atom stereocenters. The van der Waals surface area contributed by atoms with E-state index in [1.165, 1.54) is 5.56 Å². The van der Waals surface area contributed by atoms with Crippen LogP contribution in [0.15, 0.2) is 94.9 Å². The minimum Gasteiger partial charge on any atom is -0.597 e. The highest BCUT2D eigenvalue weighted by Crippen LogP contribution is 2.39. The van der Waals surface area contributed by atoms with Gasteiger partial charge in [-0.3, -0.25) is 0 Å². The van der Waals surface area contributed by atoms with Crippen molar-refractivity contribution in [2.24, 2.45) is 5.11 Å². The first kappa shape index (κ1) is 31.4. The van der Waals surface area contributed by atoms with Gasteiger partial charge in [0.25, 0.3) is 0 Å². The Morgan fingerprint density at radius 2 is 1.66 bits per heavy atom. The first-order valence-corrected chi connectivity index (χ1v) is 16.0. The van der Waals surface area contributed by atoms with Gasteiger partial charge in [0.1, 0.15) is 16.3 Å². The fourth-order valence-corrected chi connectivity index (χ4v) is 7.30. The maximum absolute atomic E-state index is 14.0. The second-order valence-electron chi connectivity index (χ2n) is 11.4. The summed E-state index contributed by atoms with van der Waals surface area (Å²) in [6.45, 7) is 11.0. The largest absolute Gasteiger partial charge is 0.597 e. The molecule has 0 aromatic heterocycles. The highest BCUT2D eigenvalue weighted by molar-refractivity contribution is 7.99. The molecule has 0 bridgehead atoms. The summed E-state index contributed by atoms with van der Waals surface area (Å²) in [5.74, 6) is 0. The number of hydrogen-bond acceptors (Lipinski definition) is 6. The average Bonchev–Trinajstić information content (AvgIpc) is 2.97. The molecule has 0 radical (unpaired) electrons. The average molecular weight is 593 g/mol. The van der Waals surface area contributed by atoms with Gasteiger partial charge in [0.05, 0.1) is 31.3 Å². The van der Waals surface area contributed by atoms with E-state index in [4.69, 9.17) is 9.47 Å². The molecule has 1 aliphatic heterocycles. The van der Waals surface area contributed by atoms with Crippen molar-refractivity contribution in [3.63, 3.8) is 0 Å². The van der Waals surface area contributed by atoms with Crippen molar-refractivity contribution >= 4 is 23.1 Å². The summed E-state index contributed by atoms with van der Waals surface area (Å²) in [5.41, 5.74) is 12.3. The van der Waals surface area contributed by atoms with Crippen LogP contribution in [0.1, 0.15) is 50.8 Å². The number of azide groups is 1. The topological polar surface area (TPSA) is 93.5 Å². The van der Waals surface area contributed by atoms with Crippen LogP contribution in [-0.4, -0.2) is 43.3 Å². The summed E-state index contributed by atoms with van der Waals surface area (Å²) in [5, 5.41) is 4.15.